The van der Waals surface area contributed by atoms with Crippen LogP contribution in [0.5, 0.6) is 0 Å². The Morgan fingerprint density at radius 1 is 1.14 bits per heavy atom. The summed E-state index contributed by atoms with van der Waals surface area (Å²) in [6, 6.07) is 0. The highest BCUT2D eigenvalue weighted by Crippen LogP contribution is 2.46. The van der Waals surface area contributed by atoms with E-state index in [4.69, 9.17) is 9.31 Å². The van der Waals surface area contributed by atoms with Crippen molar-refractivity contribution in [2.75, 3.05) is 0 Å². The molecule has 21 heavy (non-hydrogen) atoms. The second-order valence-corrected chi connectivity index (χ2v) is 7.85. The van der Waals surface area contributed by atoms with Gasteiger partial charge in [0.05, 0.1) is 11.2 Å². The average molecular weight is 292 g/mol. The molecular weight excluding hydrogens is 263 g/mol. The quantitative estimate of drug-likeness (QED) is 0.581. The molecule has 1 aliphatic heterocycles. The van der Waals surface area contributed by atoms with Gasteiger partial charge in [-0.05, 0) is 58.9 Å². The van der Waals surface area contributed by atoms with Gasteiger partial charge < -0.3 is 14.1 Å². The summed E-state index contributed by atoms with van der Waals surface area (Å²) >= 11 is 0. The van der Waals surface area contributed by atoms with Crippen LogP contribution in [0, 0.1) is 11.3 Å². The predicted octanol–water partition coefficient (Wildman–Crippen LogP) is 3.96. The lowest BCUT2D eigenvalue weighted by Crippen LogP contribution is -2.41. The molecule has 0 aromatic rings. The molecule has 1 heterocycles. The SMILES string of the molecule is C=C(B1OC(C)(C)C(C)(C)O1)C(C)(C=O)C1CCCCC1. The molecule has 0 amide bonds. The molecule has 4 heteroatoms. The van der Waals surface area contributed by atoms with E-state index in [1.54, 1.807) is 0 Å². The first-order chi connectivity index (χ1) is 9.64. The van der Waals surface area contributed by atoms with E-state index in [9.17, 15) is 4.79 Å². The number of carbonyl (C=O) groups is 1. The van der Waals surface area contributed by atoms with Crippen molar-refractivity contribution >= 4 is 13.4 Å². The maximum atomic E-state index is 11.9. The lowest BCUT2D eigenvalue weighted by Gasteiger charge is -2.37. The van der Waals surface area contributed by atoms with Gasteiger partial charge >= 0.3 is 7.12 Å². The standard InChI is InChI=1S/C17H29BO3/c1-13(18-20-15(2,3)16(4,5)21-18)17(6,12-19)14-10-8-7-9-11-14/h12,14H,1,7-11H2,2-6H3. The summed E-state index contributed by atoms with van der Waals surface area (Å²) in [5, 5.41) is 0. The number of rotatable bonds is 4. The maximum absolute atomic E-state index is 11.9. The molecule has 1 saturated carbocycles. The second-order valence-electron chi connectivity index (χ2n) is 7.85. The van der Waals surface area contributed by atoms with Crippen molar-refractivity contribution in [3.05, 3.63) is 12.1 Å². The van der Waals surface area contributed by atoms with Gasteiger partial charge in [-0.2, -0.15) is 0 Å². The van der Waals surface area contributed by atoms with Gasteiger partial charge in [-0.1, -0.05) is 19.3 Å². The number of carbonyl (C=O) groups excluding carboxylic acids is 1. The van der Waals surface area contributed by atoms with Crippen LogP contribution in [0.2, 0.25) is 0 Å². The minimum absolute atomic E-state index is 0.357. The minimum atomic E-state index is -0.554. The third-order valence-corrected chi connectivity index (χ3v) is 5.93. The summed E-state index contributed by atoms with van der Waals surface area (Å²) in [5.74, 6) is 0.357. The topological polar surface area (TPSA) is 35.5 Å². The van der Waals surface area contributed by atoms with E-state index in [1.165, 1.54) is 19.3 Å². The Balaban J connectivity index is 2.19. The molecule has 1 unspecified atom stereocenters. The Morgan fingerprint density at radius 3 is 2.05 bits per heavy atom. The maximum Gasteiger partial charge on any atom is 0.490 e. The molecule has 0 aromatic heterocycles. The van der Waals surface area contributed by atoms with Crippen LogP contribution in [-0.4, -0.2) is 24.6 Å². The Kier molecular flexibility index (Phi) is 4.43. The Labute approximate surface area is 129 Å². The van der Waals surface area contributed by atoms with Crippen molar-refractivity contribution in [1.82, 2.24) is 0 Å². The molecular formula is C17H29BO3. The predicted molar refractivity (Wildman–Crippen MR) is 86.0 cm³/mol. The van der Waals surface area contributed by atoms with Crippen molar-refractivity contribution in [1.29, 1.82) is 0 Å². The van der Waals surface area contributed by atoms with Gasteiger partial charge in [0.15, 0.2) is 0 Å². The lowest BCUT2D eigenvalue weighted by molar-refractivity contribution is -0.116. The summed E-state index contributed by atoms with van der Waals surface area (Å²) in [7, 11) is -0.493. The molecule has 0 bridgehead atoms. The van der Waals surface area contributed by atoms with Crippen LogP contribution in [0.3, 0.4) is 0 Å². The summed E-state index contributed by atoms with van der Waals surface area (Å²) in [4.78, 5) is 11.9. The first-order valence-corrected chi connectivity index (χ1v) is 8.15. The van der Waals surface area contributed by atoms with Crippen molar-refractivity contribution in [2.45, 2.75) is 77.9 Å². The third kappa shape index (κ3) is 2.85. The van der Waals surface area contributed by atoms with Crippen LogP contribution in [0.15, 0.2) is 12.1 Å². The molecule has 0 aromatic carbocycles. The highest BCUT2D eigenvalue weighted by Gasteiger charge is 2.55. The number of allylic oxidation sites excluding steroid dienone is 1. The number of aldehydes is 1. The summed E-state index contributed by atoms with van der Waals surface area (Å²) in [6.07, 6.45) is 6.92. The van der Waals surface area contributed by atoms with Crippen molar-refractivity contribution < 1.29 is 14.1 Å². The fourth-order valence-electron chi connectivity index (χ4n) is 3.38. The first-order valence-electron chi connectivity index (χ1n) is 8.15. The molecule has 118 valence electrons. The molecule has 2 aliphatic rings. The molecule has 1 saturated heterocycles. The van der Waals surface area contributed by atoms with E-state index in [0.717, 1.165) is 24.6 Å². The largest absolute Gasteiger partial charge is 0.490 e. The molecule has 3 nitrogen and oxygen atoms in total. The summed E-state index contributed by atoms with van der Waals surface area (Å²) in [5.41, 5.74) is -0.557. The lowest BCUT2D eigenvalue weighted by atomic mass is 9.57. The van der Waals surface area contributed by atoms with E-state index in [2.05, 4.69) is 6.58 Å². The summed E-state index contributed by atoms with van der Waals surface area (Å²) < 4.78 is 12.2. The Hall–Kier alpha value is -0.605. The normalized spacial score (nSPS) is 28.1. The van der Waals surface area contributed by atoms with Gasteiger partial charge in [0.2, 0.25) is 0 Å². The zero-order valence-corrected chi connectivity index (χ0v) is 14.2. The van der Waals surface area contributed by atoms with Crippen LogP contribution in [0.4, 0.5) is 0 Å². The van der Waals surface area contributed by atoms with E-state index in [1.807, 2.05) is 34.6 Å². The minimum Gasteiger partial charge on any atom is -0.400 e. The Bertz CT molecular complexity index is 408. The van der Waals surface area contributed by atoms with Gasteiger partial charge in [0.25, 0.3) is 0 Å². The Morgan fingerprint density at radius 2 is 1.62 bits per heavy atom. The van der Waals surface area contributed by atoms with E-state index in [-0.39, 0.29) is 0 Å². The molecule has 2 rings (SSSR count). The van der Waals surface area contributed by atoms with Crippen molar-refractivity contribution in [3.63, 3.8) is 0 Å². The van der Waals surface area contributed by atoms with Crippen molar-refractivity contribution in [3.8, 4) is 0 Å². The van der Waals surface area contributed by atoms with Crippen LogP contribution < -0.4 is 0 Å². The highest BCUT2D eigenvalue weighted by atomic mass is 16.7. The average Bonchev–Trinajstić information content (AvgIpc) is 2.66. The van der Waals surface area contributed by atoms with Gasteiger partial charge in [0.1, 0.15) is 6.29 Å². The number of hydrogen-bond acceptors (Lipinski definition) is 3. The monoisotopic (exact) mass is 292 g/mol. The van der Waals surface area contributed by atoms with Gasteiger partial charge in [-0.15, -0.1) is 6.58 Å². The van der Waals surface area contributed by atoms with E-state index in [0.29, 0.717) is 5.92 Å². The smallest absolute Gasteiger partial charge is 0.400 e. The molecule has 0 spiro atoms. The molecule has 1 atom stereocenters. The zero-order valence-electron chi connectivity index (χ0n) is 14.2. The van der Waals surface area contributed by atoms with Crippen LogP contribution >= 0.6 is 0 Å². The highest BCUT2D eigenvalue weighted by molar-refractivity contribution is 6.55. The molecule has 0 N–H and O–H groups in total. The number of hydrogen-bond donors (Lipinski definition) is 0. The van der Waals surface area contributed by atoms with E-state index < -0.39 is 23.7 Å². The molecule has 0 radical (unpaired) electrons. The van der Waals surface area contributed by atoms with E-state index >= 15 is 0 Å². The van der Waals surface area contributed by atoms with Gasteiger partial charge in [-0.25, -0.2) is 0 Å². The fourth-order valence-corrected chi connectivity index (χ4v) is 3.38. The van der Waals surface area contributed by atoms with Gasteiger partial charge in [0, 0.05) is 5.41 Å². The molecule has 2 fully saturated rings. The third-order valence-electron chi connectivity index (χ3n) is 5.93. The second kappa shape index (κ2) is 5.55. The summed E-state index contributed by atoms with van der Waals surface area (Å²) in [6.45, 7) is 14.3. The molecule has 1 aliphatic carbocycles. The first kappa shape index (κ1) is 16.8. The zero-order chi connectivity index (χ0) is 15.9. The van der Waals surface area contributed by atoms with Crippen molar-refractivity contribution in [2.24, 2.45) is 11.3 Å². The van der Waals surface area contributed by atoms with Crippen LogP contribution in [0.1, 0.15) is 66.7 Å². The fraction of sp³-hybridized carbons (Fsp3) is 0.824. The van der Waals surface area contributed by atoms with Crippen LogP contribution in [-0.2, 0) is 14.1 Å². The van der Waals surface area contributed by atoms with Crippen LogP contribution in [0.25, 0.3) is 0 Å². The van der Waals surface area contributed by atoms with Gasteiger partial charge in [-0.3, -0.25) is 0 Å².